The third-order valence-electron chi connectivity index (χ3n) is 7.20. The second kappa shape index (κ2) is 11.1. The SMILES string of the molecule is CCCN(C(=O)Nc1cccc(C(F)(F)F)c1)C(C)C1NC2CCCCC2C(=O)N1c1ccc(F)cc1. The number of benzene rings is 2. The highest BCUT2D eigenvalue weighted by Gasteiger charge is 2.46. The summed E-state index contributed by atoms with van der Waals surface area (Å²) in [6, 6.07) is 9.02. The Morgan fingerprint density at radius 3 is 2.54 bits per heavy atom. The van der Waals surface area contributed by atoms with Crippen LogP contribution in [0.3, 0.4) is 0 Å². The van der Waals surface area contributed by atoms with Crippen LogP contribution in [0.15, 0.2) is 48.5 Å². The average molecular weight is 521 g/mol. The molecular weight excluding hydrogens is 488 g/mol. The lowest BCUT2D eigenvalue weighted by Crippen LogP contribution is -2.70. The molecule has 3 amide bonds. The van der Waals surface area contributed by atoms with Gasteiger partial charge in [-0.15, -0.1) is 0 Å². The normalized spacial score (nSPS) is 22.8. The smallest absolute Gasteiger partial charge is 0.318 e. The molecule has 0 radical (unpaired) electrons. The fraction of sp³-hybridized carbons (Fsp3) is 0.481. The number of rotatable bonds is 6. The predicted octanol–water partition coefficient (Wildman–Crippen LogP) is 6.00. The Kier molecular flexibility index (Phi) is 8.06. The molecule has 2 aromatic carbocycles. The van der Waals surface area contributed by atoms with E-state index in [1.807, 2.05) is 13.8 Å². The van der Waals surface area contributed by atoms with E-state index in [2.05, 4.69) is 10.6 Å². The van der Waals surface area contributed by atoms with Crippen LogP contribution in [-0.4, -0.2) is 41.6 Å². The molecule has 1 saturated heterocycles. The summed E-state index contributed by atoms with van der Waals surface area (Å²) in [4.78, 5) is 30.2. The van der Waals surface area contributed by atoms with Gasteiger partial charge in [-0.25, -0.2) is 9.18 Å². The second-order valence-electron chi connectivity index (χ2n) is 9.74. The van der Waals surface area contributed by atoms with Crippen molar-refractivity contribution in [2.24, 2.45) is 5.92 Å². The molecule has 2 aliphatic rings. The lowest BCUT2D eigenvalue weighted by Gasteiger charge is -2.50. The van der Waals surface area contributed by atoms with Crippen molar-refractivity contribution < 1.29 is 27.2 Å². The zero-order chi connectivity index (χ0) is 26.7. The van der Waals surface area contributed by atoms with Gasteiger partial charge >= 0.3 is 12.2 Å². The summed E-state index contributed by atoms with van der Waals surface area (Å²) in [6.45, 7) is 4.03. The molecule has 4 rings (SSSR count). The van der Waals surface area contributed by atoms with Gasteiger partial charge in [-0.05, 0) is 68.7 Å². The van der Waals surface area contributed by atoms with Gasteiger partial charge in [-0.2, -0.15) is 13.2 Å². The van der Waals surface area contributed by atoms with Crippen LogP contribution >= 0.6 is 0 Å². The number of hydrogen-bond acceptors (Lipinski definition) is 3. The molecule has 2 N–H and O–H groups in total. The first kappa shape index (κ1) is 26.9. The quantitative estimate of drug-likeness (QED) is 0.460. The molecule has 6 nitrogen and oxygen atoms in total. The molecule has 37 heavy (non-hydrogen) atoms. The third kappa shape index (κ3) is 5.89. The van der Waals surface area contributed by atoms with Gasteiger partial charge in [0.05, 0.1) is 17.5 Å². The lowest BCUT2D eigenvalue weighted by atomic mass is 9.81. The maximum absolute atomic E-state index is 13.7. The van der Waals surface area contributed by atoms with Gasteiger partial charge in [0, 0.05) is 24.0 Å². The summed E-state index contributed by atoms with van der Waals surface area (Å²) >= 11 is 0. The van der Waals surface area contributed by atoms with Gasteiger partial charge in [-0.1, -0.05) is 25.8 Å². The molecule has 4 atom stereocenters. The monoisotopic (exact) mass is 520 g/mol. The summed E-state index contributed by atoms with van der Waals surface area (Å²) in [5, 5.41) is 6.17. The zero-order valence-corrected chi connectivity index (χ0v) is 20.9. The van der Waals surface area contributed by atoms with E-state index >= 15 is 0 Å². The number of hydrogen-bond donors (Lipinski definition) is 2. The number of carbonyl (C=O) groups excluding carboxylic acids is 2. The fourth-order valence-corrected chi connectivity index (χ4v) is 5.35. The van der Waals surface area contributed by atoms with Crippen molar-refractivity contribution in [2.75, 3.05) is 16.8 Å². The first-order valence-electron chi connectivity index (χ1n) is 12.7. The summed E-state index contributed by atoms with van der Waals surface area (Å²) in [5.41, 5.74) is -0.302. The molecule has 0 aromatic heterocycles. The zero-order valence-electron chi connectivity index (χ0n) is 20.9. The number of amides is 3. The van der Waals surface area contributed by atoms with Crippen LogP contribution < -0.4 is 15.5 Å². The Morgan fingerprint density at radius 2 is 1.86 bits per heavy atom. The van der Waals surface area contributed by atoms with Crippen molar-refractivity contribution in [2.45, 2.75) is 70.4 Å². The molecule has 200 valence electrons. The minimum atomic E-state index is -4.53. The van der Waals surface area contributed by atoms with Crippen LogP contribution in [0.4, 0.5) is 33.7 Å². The summed E-state index contributed by atoms with van der Waals surface area (Å²) in [5.74, 6) is -0.697. The maximum Gasteiger partial charge on any atom is 0.416 e. The standard InChI is InChI=1S/C27H32F4N4O2/c1-3-15-34(26(37)32-20-8-6-7-18(16-20)27(29,30)31)17(2)24-33-23-10-5-4-9-22(23)25(36)35(24)21-13-11-19(28)12-14-21/h6-8,11-14,16-17,22-24,33H,3-5,9-10,15H2,1-2H3,(H,32,37). The predicted molar refractivity (Wildman–Crippen MR) is 133 cm³/mol. The number of nitrogens with zero attached hydrogens (tertiary/aromatic N) is 2. The Morgan fingerprint density at radius 1 is 1.16 bits per heavy atom. The van der Waals surface area contributed by atoms with E-state index in [1.165, 1.54) is 29.2 Å². The van der Waals surface area contributed by atoms with Crippen LogP contribution in [0, 0.1) is 11.7 Å². The molecule has 0 spiro atoms. The van der Waals surface area contributed by atoms with E-state index in [0.717, 1.165) is 37.8 Å². The highest BCUT2D eigenvalue weighted by atomic mass is 19.4. The van der Waals surface area contributed by atoms with Gasteiger partial charge < -0.3 is 10.2 Å². The van der Waals surface area contributed by atoms with Crippen molar-refractivity contribution in [3.63, 3.8) is 0 Å². The molecule has 1 saturated carbocycles. The fourth-order valence-electron chi connectivity index (χ4n) is 5.35. The van der Waals surface area contributed by atoms with Gasteiger partial charge in [0.15, 0.2) is 0 Å². The van der Waals surface area contributed by atoms with Crippen LogP contribution in [0.5, 0.6) is 0 Å². The number of alkyl halides is 3. The maximum atomic E-state index is 13.7. The molecule has 2 aromatic rings. The minimum Gasteiger partial charge on any atom is -0.318 e. The van der Waals surface area contributed by atoms with E-state index in [1.54, 1.807) is 17.0 Å². The number of nitrogens with one attached hydrogen (secondary N) is 2. The van der Waals surface area contributed by atoms with Gasteiger partial charge in [0.1, 0.15) is 12.0 Å². The molecule has 2 fully saturated rings. The molecule has 4 unspecified atom stereocenters. The Hall–Kier alpha value is -3.14. The number of halogens is 4. The van der Waals surface area contributed by atoms with Crippen LogP contribution in [-0.2, 0) is 11.0 Å². The lowest BCUT2D eigenvalue weighted by molar-refractivity contribution is -0.137. The topological polar surface area (TPSA) is 64.7 Å². The van der Waals surface area contributed by atoms with E-state index < -0.39 is 35.8 Å². The Balaban J connectivity index is 1.63. The summed E-state index contributed by atoms with van der Waals surface area (Å²) in [6.07, 6.45) is -0.998. The number of urea groups is 1. The molecular formula is C27H32F4N4O2. The number of fused-ring (bicyclic) bond motifs is 1. The van der Waals surface area contributed by atoms with Crippen molar-refractivity contribution in [3.8, 4) is 0 Å². The molecule has 1 aliphatic carbocycles. The number of anilines is 2. The van der Waals surface area contributed by atoms with E-state index in [9.17, 15) is 27.2 Å². The van der Waals surface area contributed by atoms with Crippen molar-refractivity contribution >= 4 is 23.3 Å². The molecule has 1 aliphatic heterocycles. The Labute approximate surface area is 214 Å². The molecule has 10 heteroatoms. The number of carbonyl (C=O) groups is 2. The van der Waals surface area contributed by atoms with E-state index in [0.29, 0.717) is 18.7 Å². The van der Waals surface area contributed by atoms with Gasteiger partial charge in [0.25, 0.3) is 0 Å². The van der Waals surface area contributed by atoms with Crippen LogP contribution in [0.1, 0.15) is 51.5 Å². The summed E-state index contributed by atoms with van der Waals surface area (Å²) < 4.78 is 53.2. The molecule has 0 bridgehead atoms. The molecule has 1 heterocycles. The minimum absolute atomic E-state index is 0.0311. The van der Waals surface area contributed by atoms with Gasteiger partial charge in [0.2, 0.25) is 5.91 Å². The highest BCUT2D eigenvalue weighted by molar-refractivity contribution is 5.97. The first-order chi connectivity index (χ1) is 17.6. The summed E-state index contributed by atoms with van der Waals surface area (Å²) in [7, 11) is 0. The average Bonchev–Trinajstić information content (AvgIpc) is 2.87. The third-order valence-corrected chi connectivity index (χ3v) is 7.20. The van der Waals surface area contributed by atoms with Crippen LogP contribution in [0.2, 0.25) is 0 Å². The van der Waals surface area contributed by atoms with E-state index in [-0.39, 0.29) is 23.6 Å². The van der Waals surface area contributed by atoms with E-state index in [4.69, 9.17) is 0 Å². The second-order valence-corrected chi connectivity index (χ2v) is 9.74. The highest BCUT2D eigenvalue weighted by Crippen LogP contribution is 2.35. The van der Waals surface area contributed by atoms with Crippen molar-refractivity contribution in [3.05, 3.63) is 59.9 Å². The largest absolute Gasteiger partial charge is 0.416 e. The van der Waals surface area contributed by atoms with Gasteiger partial charge in [-0.3, -0.25) is 15.0 Å². The van der Waals surface area contributed by atoms with Crippen molar-refractivity contribution in [1.29, 1.82) is 0 Å². The first-order valence-corrected chi connectivity index (χ1v) is 12.7. The Bertz CT molecular complexity index is 1110. The van der Waals surface area contributed by atoms with Crippen LogP contribution in [0.25, 0.3) is 0 Å². The van der Waals surface area contributed by atoms with Crippen molar-refractivity contribution in [1.82, 2.24) is 10.2 Å².